The van der Waals surface area contributed by atoms with Crippen LogP contribution in [0.2, 0.25) is 0 Å². The molecule has 5 aliphatic carbocycles. The number of nitrogens with one attached hydrogen (secondary N) is 1. The summed E-state index contributed by atoms with van der Waals surface area (Å²) in [6.07, 6.45) is 6.19. The first-order valence-corrected chi connectivity index (χ1v) is 15.0. The molecule has 5 nitrogen and oxygen atoms in total. The van der Waals surface area contributed by atoms with Crippen molar-refractivity contribution in [1.29, 1.82) is 0 Å². The molecule has 0 saturated heterocycles. The first-order valence-electron chi connectivity index (χ1n) is 15.0. The summed E-state index contributed by atoms with van der Waals surface area (Å²) in [5, 5.41) is 14.9. The highest BCUT2D eigenvalue weighted by atomic mass is 16.3. The number of ketones is 1. The average molecular weight is 521 g/mol. The molecule has 1 aromatic carbocycles. The zero-order valence-electron chi connectivity index (χ0n) is 24.5. The molecule has 6 rings (SSSR count). The van der Waals surface area contributed by atoms with Gasteiger partial charge in [-0.2, -0.15) is 0 Å². The summed E-state index contributed by atoms with van der Waals surface area (Å²) in [7, 11) is 4.20. The van der Waals surface area contributed by atoms with Gasteiger partial charge in [-0.15, -0.1) is 0 Å². The number of hydrogen-bond acceptors (Lipinski definition) is 4. The van der Waals surface area contributed by atoms with E-state index < -0.39 is 0 Å². The zero-order chi connectivity index (χ0) is 27.5. The Labute approximate surface area is 229 Å². The van der Waals surface area contributed by atoms with E-state index in [-0.39, 0.29) is 57.1 Å². The molecule has 0 bridgehead atoms. The predicted octanol–water partition coefficient (Wildman–Crippen LogP) is 5.32. The molecule has 38 heavy (non-hydrogen) atoms. The molecule has 1 amide bonds. The lowest BCUT2D eigenvalue weighted by Gasteiger charge is -2.62. The van der Waals surface area contributed by atoms with E-state index in [0.717, 1.165) is 38.5 Å². The summed E-state index contributed by atoms with van der Waals surface area (Å²) in [5.74, 6) is 1.38. The van der Waals surface area contributed by atoms with E-state index in [9.17, 15) is 14.7 Å². The van der Waals surface area contributed by atoms with E-state index >= 15 is 0 Å². The van der Waals surface area contributed by atoms with Gasteiger partial charge < -0.3 is 15.3 Å². The van der Waals surface area contributed by atoms with Gasteiger partial charge in [-0.1, -0.05) is 45.9 Å². The number of fused-ring (bicyclic) bond motifs is 2. The summed E-state index contributed by atoms with van der Waals surface area (Å²) in [6, 6.07) is 9.87. The van der Waals surface area contributed by atoms with Crippen molar-refractivity contribution in [3.05, 3.63) is 35.9 Å². The maximum atomic E-state index is 14.5. The Balaban J connectivity index is 1.31. The minimum Gasteiger partial charge on any atom is -0.393 e. The SMILES string of the molecule is C[C@@H]([C@H]1C(O)C[C@@]2(C)[C@@H]3CCC4C(C)(C)[C@@H](NC(=O)c5ccccc5)CC[C@@]45C[C@@]35C(=O)C[C@]12C)N(C)C. The Bertz CT molecular complexity index is 1150. The molecule has 0 radical (unpaired) electrons. The van der Waals surface area contributed by atoms with Crippen molar-refractivity contribution in [1.82, 2.24) is 10.2 Å². The molecule has 2 spiro atoms. The van der Waals surface area contributed by atoms with Crippen LogP contribution < -0.4 is 5.32 Å². The van der Waals surface area contributed by atoms with Crippen LogP contribution in [0, 0.1) is 44.8 Å². The minimum atomic E-state index is -0.363. The normalized spacial score (nSPS) is 47.4. The zero-order valence-corrected chi connectivity index (χ0v) is 24.5. The second-order valence-electron chi connectivity index (χ2n) is 15.2. The Hall–Kier alpha value is -1.72. The fourth-order valence-electron chi connectivity index (χ4n) is 11.4. The van der Waals surface area contributed by atoms with Crippen LogP contribution in [0.4, 0.5) is 0 Å². The molecule has 1 aromatic rings. The third-order valence-corrected chi connectivity index (χ3v) is 13.6. The number of rotatable bonds is 4. The predicted molar refractivity (Wildman–Crippen MR) is 150 cm³/mol. The monoisotopic (exact) mass is 520 g/mol. The summed E-state index contributed by atoms with van der Waals surface area (Å²) >= 11 is 0. The number of Topliss-reactive ketones (excluding diaryl/α,β-unsaturated/α-hetero) is 1. The quantitative estimate of drug-likeness (QED) is 0.564. The van der Waals surface area contributed by atoms with E-state index in [2.05, 4.69) is 58.9 Å². The van der Waals surface area contributed by atoms with Gasteiger partial charge in [0.15, 0.2) is 0 Å². The Kier molecular flexibility index (Phi) is 5.69. The second kappa shape index (κ2) is 8.16. The Morgan fingerprint density at radius 1 is 1.03 bits per heavy atom. The van der Waals surface area contributed by atoms with Crippen LogP contribution in [0.1, 0.15) is 89.9 Å². The molecule has 208 valence electrons. The number of carbonyl (C=O) groups is 2. The molecule has 0 aromatic heterocycles. The van der Waals surface area contributed by atoms with Gasteiger partial charge >= 0.3 is 0 Å². The fourth-order valence-corrected chi connectivity index (χ4v) is 11.4. The molecule has 10 atom stereocenters. The average Bonchev–Trinajstić information content (AvgIpc) is 3.50. The molecule has 5 heteroatoms. The smallest absolute Gasteiger partial charge is 0.251 e. The Morgan fingerprint density at radius 2 is 1.68 bits per heavy atom. The highest BCUT2D eigenvalue weighted by molar-refractivity contribution is 5.94. The summed E-state index contributed by atoms with van der Waals surface area (Å²) in [6.45, 7) is 11.7. The van der Waals surface area contributed by atoms with Gasteiger partial charge in [0.05, 0.1) is 6.10 Å². The first kappa shape index (κ1) is 26.5. The van der Waals surface area contributed by atoms with Crippen LogP contribution in [0.5, 0.6) is 0 Å². The van der Waals surface area contributed by atoms with E-state index in [1.54, 1.807) is 0 Å². The van der Waals surface area contributed by atoms with E-state index in [0.29, 0.717) is 29.6 Å². The molecule has 2 unspecified atom stereocenters. The van der Waals surface area contributed by atoms with Crippen molar-refractivity contribution < 1.29 is 14.7 Å². The number of nitrogens with zero attached hydrogens (tertiary/aromatic N) is 1. The van der Waals surface area contributed by atoms with Gasteiger partial charge in [0, 0.05) is 35.4 Å². The van der Waals surface area contributed by atoms with Crippen LogP contribution in [0.25, 0.3) is 0 Å². The second-order valence-corrected chi connectivity index (χ2v) is 15.2. The molecule has 5 saturated carbocycles. The van der Waals surface area contributed by atoms with Crippen LogP contribution >= 0.6 is 0 Å². The van der Waals surface area contributed by atoms with Crippen molar-refractivity contribution in [3.63, 3.8) is 0 Å². The summed E-state index contributed by atoms with van der Waals surface area (Å²) in [4.78, 5) is 29.8. The number of aliphatic hydroxyl groups excluding tert-OH is 1. The van der Waals surface area contributed by atoms with Crippen molar-refractivity contribution in [2.75, 3.05) is 14.1 Å². The number of amides is 1. The highest BCUT2D eigenvalue weighted by Gasteiger charge is 2.86. The first-order chi connectivity index (χ1) is 17.8. The van der Waals surface area contributed by atoms with Crippen LogP contribution in [-0.4, -0.2) is 54.0 Å². The lowest BCUT2D eigenvalue weighted by atomic mass is 9.41. The van der Waals surface area contributed by atoms with E-state index in [1.165, 1.54) is 0 Å². The van der Waals surface area contributed by atoms with Crippen LogP contribution in [0.15, 0.2) is 30.3 Å². The number of benzene rings is 1. The highest BCUT2D eigenvalue weighted by Crippen LogP contribution is 2.87. The van der Waals surface area contributed by atoms with Gasteiger partial charge in [0.25, 0.3) is 5.91 Å². The third-order valence-electron chi connectivity index (χ3n) is 13.6. The lowest BCUT2D eigenvalue weighted by Crippen LogP contribution is -2.62. The topological polar surface area (TPSA) is 69.6 Å². The lowest BCUT2D eigenvalue weighted by molar-refractivity contribution is -0.169. The number of aliphatic hydroxyl groups is 1. The molecular formula is C33H48N2O3. The largest absolute Gasteiger partial charge is 0.393 e. The number of hydrogen-bond donors (Lipinski definition) is 2. The van der Waals surface area contributed by atoms with Crippen molar-refractivity contribution >= 4 is 11.7 Å². The Morgan fingerprint density at radius 3 is 2.34 bits per heavy atom. The fraction of sp³-hybridized carbons (Fsp3) is 0.758. The maximum absolute atomic E-state index is 14.5. The van der Waals surface area contributed by atoms with Gasteiger partial charge in [-0.05, 0) is 105 Å². The summed E-state index contributed by atoms with van der Waals surface area (Å²) < 4.78 is 0. The van der Waals surface area contributed by atoms with Crippen molar-refractivity contribution in [2.45, 2.75) is 97.8 Å². The third kappa shape index (κ3) is 3.07. The molecular weight excluding hydrogens is 472 g/mol. The van der Waals surface area contributed by atoms with E-state index in [4.69, 9.17) is 0 Å². The minimum absolute atomic E-state index is 0.0110. The van der Waals surface area contributed by atoms with E-state index in [1.807, 2.05) is 30.3 Å². The van der Waals surface area contributed by atoms with Crippen molar-refractivity contribution in [2.24, 2.45) is 44.8 Å². The molecule has 5 aliphatic rings. The van der Waals surface area contributed by atoms with Gasteiger partial charge in [-0.3, -0.25) is 9.59 Å². The van der Waals surface area contributed by atoms with Gasteiger partial charge in [0.1, 0.15) is 5.78 Å². The van der Waals surface area contributed by atoms with Crippen molar-refractivity contribution in [3.8, 4) is 0 Å². The maximum Gasteiger partial charge on any atom is 0.251 e. The standard InChI is InChI=1S/C33H48N2O3/c1-20(35(6)7)27-22(36)17-30(4)24-14-13-23-29(2,3)25(34-28(38)21-11-9-8-10-12-21)15-16-32(23)19-33(24,32)26(37)18-31(27,30)5/h8-12,20,22-25,27,36H,13-19H2,1-7H3,(H,34,38)/t20-,22?,23?,24-,25-,27-,30-,31+,32+,33-/m0/s1. The molecule has 0 aliphatic heterocycles. The summed E-state index contributed by atoms with van der Waals surface area (Å²) in [5.41, 5.74) is 0.251. The molecule has 5 fully saturated rings. The number of carbonyl (C=O) groups excluding carboxylic acids is 2. The van der Waals surface area contributed by atoms with Crippen LogP contribution in [0.3, 0.4) is 0 Å². The van der Waals surface area contributed by atoms with Gasteiger partial charge in [0.2, 0.25) is 0 Å². The van der Waals surface area contributed by atoms with Crippen LogP contribution in [-0.2, 0) is 4.79 Å². The molecule has 2 N–H and O–H groups in total. The van der Waals surface area contributed by atoms with Gasteiger partial charge in [-0.25, -0.2) is 0 Å². The molecule has 0 heterocycles.